The van der Waals surface area contributed by atoms with Gasteiger partial charge in [0.15, 0.2) is 0 Å². The quantitative estimate of drug-likeness (QED) is 0.683. The molecule has 1 aliphatic carbocycles. The van der Waals surface area contributed by atoms with E-state index in [0.29, 0.717) is 0 Å². The number of rotatable bonds is 9. The van der Waals surface area contributed by atoms with Gasteiger partial charge in [-0.2, -0.15) is 0 Å². The minimum Gasteiger partial charge on any atom is -0.313 e. The molecule has 1 N–H and O–H groups in total. The van der Waals surface area contributed by atoms with Gasteiger partial charge < -0.3 is 10.2 Å². The lowest BCUT2D eigenvalue weighted by atomic mass is 9.95. The summed E-state index contributed by atoms with van der Waals surface area (Å²) in [6.07, 6.45) is 10.4. The van der Waals surface area contributed by atoms with Crippen LogP contribution in [0.4, 0.5) is 5.69 Å². The maximum atomic E-state index is 11.8. The van der Waals surface area contributed by atoms with Crippen LogP contribution in [0.3, 0.4) is 0 Å². The van der Waals surface area contributed by atoms with Crippen LogP contribution < -0.4 is 5.32 Å². The van der Waals surface area contributed by atoms with Crippen molar-refractivity contribution in [2.45, 2.75) is 62.3 Å². The molecule has 0 saturated heterocycles. The van der Waals surface area contributed by atoms with Crippen LogP contribution in [-0.4, -0.2) is 47.4 Å². The van der Waals surface area contributed by atoms with Crippen molar-refractivity contribution in [2.24, 2.45) is 4.99 Å². The molecule has 138 valence electrons. The van der Waals surface area contributed by atoms with Crippen LogP contribution >= 0.6 is 0 Å². The third-order valence-corrected chi connectivity index (χ3v) is 6.37. The van der Waals surface area contributed by atoms with Crippen molar-refractivity contribution < 1.29 is 4.21 Å². The lowest BCUT2D eigenvalue weighted by molar-refractivity contribution is 0.301. The van der Waals surface area contributed by atoms with E-state index in [0.717, 1.165) is 42.7 Å². The minimum atomic E-state index is -1.04. The van der Waals surface area contributed by atoms with Gasteiger partial charge in [0, 0.05) is 19.1 Å². The number of aryl methyl sites for hydroxylation is 1. The normalized spacial score (nSPS) is 20.3. The Bertz CT molecular complexity index is 611. The standard InChI is InChI=1S/C20H31N3OS/c1-23(14-12-21-18-8-3-2-4-9-18)13-6-5-7-17-10-11-19-20(15-17)25(24)16-22-19/h10-11,15-16,18,21H,2-9,12-14H2,1H3. The highest BCUT2D eigenvalue weighted by Gasteiger charge is 2.14. The number of aliphatic imine (C=N–C) groups is 1. The van der Waals surface area contributed by atoms with Gasteiger partial charge in [0.2, 0.25) is 0 Å². The van der Waals surface area contributed by atoms with E-state index < -0.39 is 10.8 Å². The molecule has 0 bridgehead atoms. The molecule has 4 nitrogen and oxygen atoms in total. The van der Waals surface area contributed by atoms with E-state index in [1.165, 1.54) is 56.1 Å². The van der Waals surface area contributed by atoms with Gasteiger partial charge in [-0.3, -0.25) is 0 Å². The predicted molar refractivity (Wildman–Crippen MR) is 106 cm³/mol. The van der Waals surface area contributed by atoms with E-state index >= 15 is 0 Å². The average molecular weight is 362 g/mol. The number of benzene rings is 1. The summed E-state index contributed by atoms with van der Waals surface area (Å²) >= 11 is 0. The minimum absolute atomic E-state index is 0.761. The van der Waals surface area contributed by atoms with E-state index in [4.69, 9.17) is 0 Å². The molecule has 0 aromatic heterocycles. The van der Waals surface area contributed by atoms with Crippen molar-refractivity contribution >= 4 is 22.0 Å². The second-order valence-corrected chi connectivity index (χ2v) is 8.63. The summed E-state index contributed by atoms with van der Waals surface area (Å²) < 4.78 is 11.8. The molecule has 0 spiro atoms. The maximum absolute atomic E-state index is 11.8. The average Bonchev–Trinajstić information content (AvgIpc) is 3.00. The third-order valence-electron chi connectivity index (χ3n) is 5.32. The van der Waals surface area contributed by atoms with Crippen LogP contribution in [0.1, 0.15) is 50.5 Å². The molecule has 3 rings (SSSR count). The van der Waals surface area contributed by atoms with Gasteiger partial charge in [-0.25, -0.2) is 9.20 Å². The Kier molecular flexibility index (Phi) is 7.20. The van der Waals surface area contributed by atoms with Gasteiger partial charge in [-0.1, -0.05) is 25.3 Å². The number of likely N-dealkylation sites (N-methyl/N-ethyl adjacent to an activating group) is 1. The Hall–Kier alpha value is -1.04. The highest BCUT2D eigenvalue weighted by atomic mass is 32.2. The molecular formula is C20H31N3OS. The molecule has 0 amide bonds. The second kappa shape index (κ2) is 9.60. The van der Waals surface area contributed by atoms with Crippen molar-refractivity contribution in [1.82, 2.24) is 10.2 Å². The van der Waals surface area contributed by atoms with E-state index in [2.05, 4.69) is 34.4 Å². The van der Waals surface area contributed by atoms with Gasteiger partial charge in [0.25, 0.3) is 0 Å². The van der Waals surface area contributed by atoms with Crippen LogP contribution in [0.2, 0.25) is 0 Å². The Balaban J connectivity index is 1.28. The van der Waals surface area contributed by atoms with Crippen molar-refractivity contribution in [3.63, 3.8) is 0 Å². The fourth-order valence-electron chi connectivity index (χ4n) is 3.73. The first-order valence-corrected chi connectivity index (χ1v) is 10.9. The predicted octanol–water partition coefficient (Wildman–Crippen LogP) is 3.64. The zero-order valence-corrected chi connectivity index (χ0v) is 16.2. The number of fused-ring (bicyclic) bond motifs is 1. The van der Waals surface area contributed by atoms with Crippen LogP contribution in [0.15, 0.2) is 28.1 Å². The number of unbranched alkanes of at least 4 members (excludes halogenated alkanes) is 1. The summed E-state index contributed by atoms with van der Waals surface area (Å²) in [6.45, 7) is 3.38. The van der Waals surface area contributed by atoms with Crippen LogP contribution in [-0.2, 0) is 17.2 Å². The number of nitrogens with one attached hydrogen (secondary N) is 1. The van der Waals surface area contributed by atoms with Gasteiger partial charge in [0.1, 0.15) is 0 Å². The SMILES string of the molecule is CN(CCCCc1ccc2c(c1)S(=O)C=N2)CCNC1CCCCC1. The highest BCUT2D eigenvalue weighted by Crippen LogP contribution is 2.28. The number of hydrogen-bond donors (Lipinski definition) is 1. The fraction of sp³-hybridized carbons (Fsp3) is 0.650. The molecule has 1 unspecified atom stereocenters. The number of hydrogen-bond acceptors (Lipinski definition) is 4. The smallest absolute Gasteiger partial charge is 0.0984 e. The molecule has 1 fully saturated rings. The van der Waals surface area contributed by atoms with Gasteiger partial charge in [-0.15, -0.1) is 0 Å². The van der Waals surface area contributed by atoms with Crippen LogP contribution in [0, 0.1) is 0 Å². The molecule has 1 aliphatic heterocycles. The van der Waals surface area contributed by atoms with E-state index in [9.17, 15) is 4.21 Å². The molecule has 1 heterocycles. The fourth-order valence-corrected chi connectivity index (χ4v) is 4.65. The van der Waals surface area contributed by atoms with Gasteiger partial charge in [-0.05, 0) is 63.4 Å². The summed E-state index contributed by atoms with van der Waals surface area (Å²) in [5.74, 6) is 0. The summed E-state index contributed by atoms with van der Waals surface area (Å²) in [6, 6.07) is 6.94. The monoisotopic (exact) mass is 361 g/mol. The summed E-state index contributed by atoms with van der Waals surface area (Å²) in [5.41, 5.74) is 3.68. The Morgan fingerprint density at radius 1 is 1.20 bits per heavy atom. The largest absolute Gasteiger partial charge is 0.313 e. The van der Waals surface area contributed by atoms with Gasteiger partial charge in [0.05, 0.1) is 26.9 Å². The third kappa shape index (κ3) is 5.73. The van der Waals surface area contributed by atoms with Gasteiger partial charge >= 0.3 is 0 Å². The van der Waals surface area contributed by atoms with E-state index in [-0.39, 0.29) is 0 Å². The Morgan fingerprint density at radius 2 is 2.04 bits per heavy atom. The zero-order chi connectivity index (χ0) is 17.5. The Morgan fingerprint density at radius 3 is 2.88 bits per heavy atom. The molecule has 25 heavy (non-hydrogen) atoms. The first kappa shape index (κ1) is 18.7. The van der Waals surface area contributed by atoms with E-state index in [1.54, 1.807) is 0 Å². The van der Waals surface area contributed by atoms with Crippen molar-refractivity contribution in [3.05, 3.63) is 23.8 Å². The topological polar surface area (TPSA) is 44.7 Å². The van der Waals surface area contributed by atoms with Crippen molar-refractivity contribution in [3.8, 4) is 0 Å². The second-order valence-electron chi connectivity index (χ2n) is 7.38. The van der Waals surface area contributed by atoms with E-state index in [1.807, 2.05) is 6.07 Å². The lowest BCUT2D eigenvalue weighted by Crippen LogP contribution is -2.37. The number of nitrogens with zero attached hydrogens (tertiary/aromatic N) is 2. The molecule has 1 aromatic rings. The first-order chi connectivity index (χ1) is 12.2. The molecule has 2 aliphatic rings. The maximum Gasteiger partial charge on any atom is 0.0984 e. The molecule has 0 radical (unpaired) electrons. The lowest BCUT2D eigenvalue weighted by Gasteiger charge is -2.24. The highest BCUT2D eigenvalue weighted by molar-refractivity contribution is 7.99. The summed E-state index contributed by atoms with van der Waals surface area (Å²) in [4.78, 5) is 7.48. The first-order valence-electron chi connectivity index (χ1n) is 9.72. The van der Waals surface area contributed by atoms with Crippen molar-refractivity contribution in [1.29, 1.82) is 0 Å². The molecule has 5 heteroatoms. The molecule has 1 aromatic carbocycles. The summed E-state index contributed by atoms with van der Waals surface area (Å²) in [7, 11) is 1.18. The zero-order valence-electron chi connectivity index (χ0n) is 15.4. The molecule has 1 saturated carbocycles. The Labute approximate surface area is 154 Å². The molecule has 1 atom stereocenters. The van der Waals surface area contributed by atoms with Crippen molar-refractivity contribution in [2.75, 3.05) is 26.7 Å². The van der Waals surface area contributed by atoms with Crippen LogP contribution in [0.25, 0.3) is 0 Å². The van der Waals surface area contributed by atoms with Crippen LogP contribution in [0.5, 0.6) is 0 Å². The molecular weight excluding hydrogens is 330 g/mol. The summed E-state index contributed by atoms with van der Waals surface area (Å²) in [5, 5.41) is 3.71.